The Balaban J connectivity index is 1.28. The number of aromatic nitrogens is 1. The van der Waals surface area contributed by atoms with Gasteiger partial charge in [-0.1, -0.05) is 24.3 Å². The molecule has 5 heteroatoms. The van der Waals surface area contributed by atoms with Crippen molar-refractivity contribution in [2.45, 2.75) is 37.6 Å². The Morgan fingerprint density at radius 1 is 1.15 bits per heavy atom. The number of piperidine rings is 1. The molecule has 2 fully saturated rings. The van der Waals surface area contributed by atoms with Gasteiger partial charge in [0.15, 0.2) is 0 Å². The molecular formula is C21H24N2O3. The first-order valence-electron chi connectivity index (χ1n) is 9.24. The maximum atomic E-state index is 12.6. The molecule has 3 heterocycles. The Kier molecular flexibility index (Phi) is 5.00. The molecule has 1 aromatic carbocycles. The molecule has 4 rings (SSSR count). The maximum absolute atomic E-state index is 12.6. The van der Waals surface area contributed by atoms with E-state index < -0.39 is 0 Å². The van der Waals surface area contributed by atoms with E-state index in [0.29, 0.717) is 13.2 Å². The van der Waals surface area contributed by atoms with Gasteiger partial charge in [-0.25, -0.2) is 0 Å². The van der Waals surface area contributed by atoms with Crippen molar-refractivity contribution in [1.29, 1.82) is 0 Å². The highest BCUT2D eigenvalue weighted by Crippen LogP contribution is 2.37. The molecule has 2 saturated heterocycles. The van der Waals surface area contributed by atoms with Crippen molar-refractivity contribution >= 4 is 5.91 Å². The predicted octanol–water partition coefficient (Wildman–Crippen LogP) is 3.06. The first-order valence-corrected chi connectivity index (χ1v) is 9.24. The molecule has 2 aliphatic rings. The minimum Gasteiger partial charge on any atom is -0.372 e. The number of benzene rings is 1. The van der Waals surface area contributed by atoms with Gasteiger partial charge in [0, 0.05) is 31.3 Å². The normalized spacial score (nSPS) is 21.8. The second-order valence-corrected chi connectivity index (χ2v) is 7.11. The van der Waals surface area contributed by atoms with Crippen LogP contribution >= 0.6 is 0 Å². The summed E-state index contributed by atoms with van der Waals surface area (Å²) in [6, 6.07) is 15.3. The van der Waals surface area contributed by atoms with Crippen LogP contribution in [0.3, 0.4) is 0 Å². The van der Waals surface area contributed by atoms with E-state index in [9.17, 15) is 4.79 Å². The highest BCUT2D eigenvalue weighted by molar-refractivity contribution is 5.94. The summed E-state index contributed by atoms with van der Waals surface area (Å²) in [7, 11) is 0. The second-order valence-electron chi connectivity index (χ2n) is 7.11. The molecule has 0 saturated carbocycles. The number of amides is 1. The molecule has 2 aliphatic heterocycles. The zero-order valence-corrected chi connectivity index (χ0v) is 14.8. The average Bonchev–Trinajstić information content (AvgIpc) is 3.10. The number of likely N-dealkylation sites (tertiary alicyclic amines) is 1. The molecule has 136 valence electrons. The Morgan fingerprint density at radius 3 is 2.65 bits per heavy atom. The molecule has 1 spiro atoms. The van der Waals surface area contributed by atoms with Gasteiger partial charge in [-0.05, 0) is 37.1 Å². The van der Waals surface area contributed by atoms with Crippen LogP contribution < -0.4 is 0 Å². The summed E-state index contributed by atoms with van der Waals surface area (Å²) >= 11 is 0. The van der Waals surface area contributed by atoms with E-state index in [1.807, 2.05) is 53.4 Å². The van der Waals surface area contributed by atoms with Gasteiger partial charge in [0.05, 0.1) is 30.6 Å². The molecule has 0 bridgehead atoms. The third-order valence-corrected chi connectivity index (χ3v) is 5.35. The highest BCUT2D eigenvalue weighted by atomic mass is 16.6. The third kappa shape index (κ3) is 3.79. The smallest absolute Gasteiger partial charge is 0.253 e. The molecule has 26 heavy (non-hydrogen) atoms. The van der Waals surface area contributed by atoms with Crippen molar-refractivity contribution in [3.63, 3.8) is 0 Å². The van der Waals surface area contributed by atoms with Crippen molar-refractivity contribution in [2.24, 2.45) is 0 Å². The predicted molar refractivity (Wildman–Crippen MR) is 97.7 cm³/mol. The van der Waals surface area contributed by atoms with Gasteiger partial charge in [0.25, 0.3) is 5.91 Å². The number of hydrogen-bond donors (Lipinski definition) is 0. The number of hydrogen-bond acceptors (Lipinski definition) is 4. The lowest BCUT2D eigenvalue weighted by atomic mass is 9.87. The van der Waals surface area contributed by atoms with E-state index in [4.69, 9.17) is 9.47 Å². The van der Waals surface area contributed by atoms with Crippen molar-refractivity contribution in [3.05, 3.63) is 66.0 Å². The summed E-state index contributed by atoms with van der Waals surface area (Å²) < 4.78 is 12.1. The van der Waals surface area contributed by atoms with Gasteiger partial charge in [-0.3, -0.25) is 9.78 Å². The lowest BCUT2D eigenvalue weighted by Gasteiger charge is -2.38. The lowest BCUT2D eigenvalue weighted by molar-refractivity contribution is -0.0412. The summed E-state index contributed by atoms with van der Waals surface area (Å²) in [6.07, 6.45) is 4.52. The average molecular weight is 352 g/mol. The van der Waals surface area contributed by atoms with Gasteiger partial charge in [-0.15, -0.1) is 0 Å². The van der Waals surface area contributed by atoms with Crippen LogP contribution in [-0.2, 0) is 16.1 Å². The monoisotopic (exact) mass is 352 g/mol. The molecule has 1 atom stereocenters. The maximum Gasteiger partial charge on any atom is 0.253 e. The highest BCUT2D eigenvalue weighted by Gasteiger charge is 2.43. The first kappa shape index (κ1) is 17.2. The van der Waals surface area contributed by atoms with Crippen LogP contribution in [0.5, 0.6) is 0 Å². The second kappa shape index (κ2) is 7.56. The minimum atomic E-state index is -0.137. The summed E-state index contributed by atoms with van der Waals surface area (Å²) in [5.74, 6) is 0.112. The zero-order chi connectivity index (χ0) is 17.8. The van der Waals surface area contributed by atoms with Gasteiger partial charge in [0.2, 0.25) is 0 Å². The number of rotatable bonds is 4. The summed E-state index contributed by atoms with van der Waals surface area (Å²) in [5.41, 5.74) is 1.56. The summed E-state index contributed by atoms with van der Waals surface area (Å²) in [5, 5.41) is 0. The minimum absolute atomic E-state index is 0.105. The number of carbonyl (C=O) groups excluding carboxylic acids is 1. The standard InChI is InChI=1S/C21H24N2O3/c24-20(17-6-2-1-3-7-17)23-12-9-21(10-13-23)14-19(16-26-21)25-15-18-8-4-5-11-22-18/h1-8,11,19H,9-10,12-16H2/t19-/m1/s1. The molecule has 0 N–H and O–H groups in total. The van der Waals surface area contributed by atoms with Crippen LogP contribution in [0.15, 0.2) is 54.7 Å². The van der Waals surface area contributed by atoms with Gasteiger partial charge < -0.3 is 14.4 Å². The van der Waals surface area contributed by atoms with Crippen molar-refractivity contribution in [2.75, 3.05) is 19.7 Å². The molecule has 2 aromatic rings. The quantitative estimate of drug-likeness (QED) is 0.849. The first-order chi connectivity index (χ1) is 12.7. The Labute approximate surface area is 153 Å². The van der Waals surface area contributed by atoms with Crippen LogP contribution in [0.2, 0.25) is 0 Å². The van der Waals surface area contributed by atoms with Crippen molar-refractivity contribution in [1.82, 2.24) is 9.88 Å². The lowest BCUT2D eigenvalue weighted by Crippen LogP contribution is -2.46. The summed E-state index contributed by atoms with van der Waals surface area (Å²) in [4.78, 5) is 18.8. The van der Waals surface area contributed by atoms with E-state index in [1.54, 1.807) is 6.20 Å². The van der Waals surface area contributed by atoms with Crippen molar-refractivity contribution < 1.29 is 14.3 Å². The van der Waals surface area contributed by atoms with E-state index in [0.717, 1.165) is 43.6 Å². The Morgan fingerprint density at radius 2 is 1.92 bits per heavy atom. The van der Waals surface area contributed by atoms with Gasteiger partial charge in [-0.2, -0.15) is 0 Å². The van der Waals surface area contributed by atoms with Crippen LogP contribution in [-0.4, -0.2) is 47.2 Å². The largest absolute Gasteiger partial charge is 0.372 e. The van der Waals surface area contributed by atoms with Crippen LogP contribution in [0, 0.1) is 0 Å². The third-order valence-electron chi connectivity index (χ3n) is 5.35. The fourth-order valence-corrected chi connectivity index (χ4v) is 3.83. The number of ether oxygens (including phenoxy) is 2. The van der Waals surface area contributed by atoms with E-state index in [2.05, 4.69) is 4.98 Å². The molecule has 0 unspecified atom stereocenters. The van der Waals surface area contributed by atoms with Crippen LogP contribution in [0.25, 0.3) is 0 Å². The Hall–Kier alpha value is -2.24. The van der Waals surface area contributed by atoms with Crippen LogP contribution in [0.4, 0.5) is 0 Å². The Bertz CT molecular complexity index is 727. The summed E-state index contributed by atoms with van der Waals surface area (Å²) in [6.45, 7) is 2.62. The molecule has 0 aliphatic carbocycles. The van der Waals surface area contributed by atoms with E-state index in [-0.39, 0.29) is 17.6 Å². The number of nitrogens with zero attached hydrogens (tertiary/aromatic N) is 2. The molecule has 0 radical (unpaired) electrons. The fraction of sp³-hybridized carbons (Fsp3) is 0.429. The topological polar surface area (TPSA) is 51.7 Å². The van der Waals surface area contributed by atoms with Crippen LogP contribution in [0.1, 0.15) is 35.3 Å². The SMILES string of the molecule is O=C(c1ccccc1)N1CCC2(CC1)C[C@@H](OCc1ccccn1)CO2. The molecule has 5 nitrogen and oxygen atoms in total. The molecule has 1 aromatic heterocycles. The van der Waals surface area contributed by atoms with Gasteiger partial charge in [0.1, 0.15) is 0 Å². The molecule has 1 amide bonds. The zero-order valence-electron chi connectivity index (χ0n) is 14.8. The van der Waals surface area contributed by atoms with E-state index >= 15 is 0 Å². The van der Waals surface area contributed by atoms with Crippen molar-refractivity contribution in [3.8, 4) is 0 Å². The van der Waals surface area contributed by atoms with E-state index in [1.165, 1.54) is 0 Å². The number of pyridine rings is 1. The number of carbonyl (C=O) groups is 1. The fourth-order valence-electron chi connectivity index (χ4n) is 3.83. The molecular weight excluding hydrogens is 328 g/mol. The van der Waals surface area contributed by atoms with Gasteiger partial charge >= 0.3 is 0 Å².